The van der Waals surface area contributed by atoms with E-state index in [4.69, 9.17) is 4.74 Å². The fourth-order valence-electron chi connectivity index (χ4n) is 2.43. The highest BCUT2D eigenvalue weighted by Crippen LogP contribution is 2.22. The zero-order valence-electron chi connectivity index (χ0n) is 11.2. The second-order valence-corrected chi connectivity index (χ2v) is 6.00. The molecule has 1 aromatic carbocycles. The van der Waals surface area contributed by atoms with E-state index in [-0.39, 0.29) is 0 Å². The predicted octanol–water partition coefficient (Wildman–Crippen LogP) is 4.09. The highest BCUT2D eigenvalue weighted by Gasteiger charge is 2.23. The van der Waals surface area contributed by atoms with E-state index < -0.39 is 0 Å². The van der Waals surface area contributed by atoms with E-state index in [1.807, 2.05) is 24.3 Å². The Kier molecular flexibility index (Phi) is 5.07. The molecule has 2 rings (SSSR count). The SMILES string of the molecule is CCC(C)N1CCCC(Oc2ccc(Br)cc2)C1. The molecule has 0 spiro atoms. The first-order chi connectivity index (χ1) is 8.69. The molecular weight excluding hydrogens is 290 g/mol. The molecule has 1 fully saturated rings. The monoisotopic (exact) mass is 311 g/mol. The molecule has 3 heteroatoms. The summed E-state index contributed by atoms with van der Waals surface area (Å²) < 4.78 is 7.17. The van der Waals surface area contributed by atoms with Gasteiger partial charge in [0.15, 0.2) is 0 Å². The molecule has 1 saturated heterocycles. The zero-order chi connectivity index (χ0) is 13.0. The van der Waals surface area contributed by atoms with Crippen molar-refractivity contribution in [2.24, 2.45) is 0 Å². The summed E-state index contributed by atoms with van der Waals surface area (Å²) in [5, 5.41) is 0. The third-order valence-corrected chi connectivity index (χ3v) is 4.27. The van der Waals surface area contributed by atoms with Gasteiger partial charge in [0.2, 0.25) is 0 Å². The molecule has 0 radical (unpaired) electrons. The van der Waals surface area contributed by atoms with Crippen LogP contribution in [-0.2, 0) is 0 Å². The van der Waals surface area contributed by atoms with Crippen molar-refractivity contribution in [2.45, 2.75) is 45.3 Å². The number of hydrogen-bond donors (Lipinski definition) is 0. The average molecular weight is 312 g/mol. The van der Waals surface area contributed by atoms with E-state index in [2.05, 4.69) is 34.7 Å². The van der Waals surface area contributed by atoms with Crippen molar-refractivity contribution >= 4 is 15.9 Å². The van der Waals surface area contributed by atoms with Crippen LogP contribution in [0.3, 0.4) is 0 Å². The van der Waals surface area contributed by atoms with Gasteiger partial charge in [-0.25, -0.2) is 0 Å². The number of piperidine rings is 1. The van der Waals surface area contributed by atoms with Crippen molar-refractivity contribution in [3.63, 3.8) is 0 Å². The van der Waals surface area contributed by atoms with Gasteiger partial charge in [-0.1, -0.05) is 22.9 Å². The topological polar surface area (TPSA) is 12.5 Å². The minimum Gasteiger partial charge on any atom is -0.489 e. The highest BCUT2D eigenvalue weighted by atomic mass is 79.9. The van der Waals surface area contributed by atoms with Crippen LogP contribution in [0, 0.1) is 0 Å². The van der Waals surface area contributed by atoms with Crippen molar-refractivity contribution in [1.82, 2.24) is 4.90 Å². The summed E-state index contributed by atoms with van der Waals surface area (Å²) in [5.74, 6) is 0.981. The second-order valence-electron chi connectivity index (χ2n) is 5.09. The molecular formula is C15H22BrNO. The average Bonchev–Trinajstić information content (AvgIpc) is 2.41. The van der Waals surface area contributed by atoms with Gasteiger partial charge >= 0.3 is 0 Å². The Morgan fingerprint density at radius 2 is 2.11 bits per heavy atom. The molecule has 1 aliphatic heterocycles. The van der Waals surface area contributed by atoms with Crippen LogP contribution in [0.5, 0.6) is 5.75 Å². The van der Waals surface area contributed by atoms with Crippen LogP contribution in [0.1, 0.15) is 33.1 Å². The van der Waals surface area contributed by atoms with Gasteiger partial charge in [0.05, 0.1) is 0 Å². The summed E-state index contributed by atoms with van der Waals surface area (Å²) in [4.78, 5) is 2.55. The maximum absolute atomic E-state index is 6.07. The molecule has 18 heavy (non-hydrogen) atoms. The maximum atomic E-state index is 6.07. The van der Waals surface area contributed by atoms with Gasteiger partial charge in [-0.2, -0.15) is 0 Å². The quantitative estimate of drug-likeness (QED) is 0.830. The van der Waals surface area contributed by atoms with Gasteiger partial charge < -0.3 is 4.74 Å². The second kappa shape index (κ2) is 6.58. The number of ether oxygens (including phenoxy) is 1. The molecule has 2 nitrogen and oxygen atoms in total. The van der Waals surface area contributed by atoms with Crippen molar-refractivity contribution in [2.75, 3.05) is 13.1 Å². The van der Waals surface area contributed by atoms with Gasteiger partial charge in [-0.15, -0.1) is 0 Å². The Balaban J connectivity index is 1.91. The first-order valence-corrected chi connectivity index (χ1v) is 7.64. The van der Waals surface area contributed by atoms with Crippen LogP contribution in [0.25, 0.3) is 0 Å². The van der Waals surface area contributed by atoms with Crippen molar-refractivity contribution in [3.8, 4) is 5.75 Å². The lowest BCUT2D eigenvalue weighted by Gasteiger charge is -2.36. The predicted molar refractivity (Wildman–Crippen MR) is 79.1 cm³/mol. The minimum absolute atomic E-state index is 0.342. The highest BCUT2D eigenvalue weighted by molar-refractivity contribution is 9.10. The van der Waals surface area contributed by atoms with Crippen LogP contribution in [0.15, 0.2) is 28.7 Å². The van der Waals surface area contributed by atoms with Gasteiger partial charge in [-0.3, -0.25) is 4.90 Å². The molecule has 0 amide bonds. The van der Waals surface area contributed by atoms with Crippen LogP contribution in [0.2, 0.25) is 0 Å². The molecule has 1 aliphatic rings. The van der Waals surface area contributed by atoms with E-state index in [1.165, 1.54) is 25.8 Å². The smallest absolute Gasteiger partial charge is 0.119 e. The summed E-state index contributed by atoms with van der Waals surface area (Å²) in [5.41, 5.74) is 0. The number of halogens is 1. The summed E-state index contributed by atoms with van der Waals surface area (Å²) in [6, 6.07) is 8.80. The molecule has 1 heterocycles. The molecule has 2 unspecified atom stereocenters. The van der Waals surface area contributed by atoms with E-state index in [0.717, 1.165) is 16.8 Å². The van der Waals surface area contributed by atoms with Crippen molar-refractivity contribution in [3.05, 3.63) is 28.7 Å². The first kappa shape index (κ1) is 13.9. The minimum atomic E-state index is 0.342. The summed E-state index contributed by atoms with van der Waals surface area (Å²) in [7, 11) is 0. The normalized spacial score (nSPS) is 22.7. The fraction of sp³-hybridized carbons (Fsp3) is 0.600. The van der Waals surface area contributed by atoms with Crippen LogP contribution >= 0.6 is 15.9 Å². The third-order valence-electron chi connectivity index (χ3n) is 3.74. The number of benzene rings is 1. The molecule has 0 aromatic heterocycles. The van der Waals surface area contributed by atoms with Crippen LogP contribution in [0.4, 0.5) is 0 Å². The molecule has 0 N–H and O–H groups in total. The van der Waals surface area contributed by atoms with E-state index >= 15 is 0 Å². The summed E-state index contributed by atoms with van der Waals surface area (Å²) in [6.07, 6.45) is 3.97. The van der Waals surface area contributed by atoms with Gasteiger partial charge in [0.1, 0.15) is 11.9 Å². The molecule has 0 bridgehead atoms. The summed E-state index contributed by atoms with van der Waals surface area (Å²) >= 11 is 3.44. The number of hydrogen-bond acceptors (Lipinski definition) is 2. The lowest BCUT2D eigenvalue weighted by Crippen LogP contribution is -2.45. The number of nitrogens with zero attached hydrogens (tertiary/aromatic N) is 1. The lowest BCUT2D eigenvalue weighted by atomic mass is 10.1. The summed E-state index contributed by atoms with van der Waals surface area (Å²) in [6.45, 7) is 6.84. The van der Waals surface area contributed by atoms with Crippen molar-refractivity contribution in [1.29, 1.82) is 0 Å². The van der Waals surface area contributed by atoms with Gasteiger partial charge in [0, 0.05) is 17.1 Å². The Morgan fingerprint density at radius 3 is 2.78 bits per heavy atom. The number of rotatable bonds is 4. The molecule has 100 valence electrons. The van der Waals surface area contributed by atoms with Gasteiger partial charge in [-0.05, 0) is 57.0 Å². The van der Waals surface area contributed by atoms with Gasteiger partial charge in [0.25, 0.3) is 0 Å². The Bertz CT molecular complexity index is 365. The molecule has 2 atom stereocenters. The van der Waals surface area contributed by atoms with E-state index in [1.54, 1.807) is 0 Å². The fourth-order valence-corrected chi connectivity index (χ4v) is 2.69. The van der Waals surface area contributed by atoms with Crippen molar-refractivity contribution < 1.29 is 4.74 Å². The molecule has 0 aliphatic carbocycles. The lowest BCUT2D eigenvalue weighted by molar-refractivity contribution is 0.0650. The van der Waals surface area contributed by atoms with Crippen LogP contribution < -0.4 is 4.74 Å². The largest absolute Gasteiger partial charge is 0.489 e. The Morgan fingerprint density at radius 1 is 1.39 bits per heavy atom. The Hall–Kier alpha value is -0.540. The van der Waals surface area contributed by atoms with E-state index in [0.29, 0.717) is 12.1 Å². The number of likely N-dealkylation sites (tertiary alicyclic amines) is 1. The Labute approximate surface area is 118 Å². The maximum Gasteiger partial charge on any atom is 0.119 e. The first-order valence-electron chi connectivity index (χ1n) is 6.85. The standard InChI is InChI=1S/C15H22BrNO/c1-3-12(2)17-10-4-5-15(11-17)18-14-8-6-13(16)7-9-14/h6-9,12,15H,3-5,10-11H2,1-2H3. The zero-order valence-corrected chi connectivity index (χ0v) is 12.8. The molecule has 1 aromatic rings. The van der Waals surface area contributed by atoms with Crippen LogP contribution in [-0.4, -0.2) is 30.1 Å². The van der Waals surface area contributed by atoms with E-state index in [9.17, 15) is 0 Å². The molecule has 0 saturated carbocycles. The third kappa shape index (κ3) is 3.72.